The Morgan fingerprint density at radius 1 is 0.528 bits per heavy atom. The monoisotopic (exact) mass is 494 g/mol. The molecule has 0 N–H and O–H groups in total. The fraction of sp³-hybridized carbons (Fsp3) is 0. The third kappa shape index (κ3) is 5.15. The normalized spacial score (nSPS) is 10.6. The summed E-state index contributed by atoms with van der Waals surface area (Å²) in [6, 6.07) is 16.5. The summed E-state index contributed by atoms with van der Waals surface area (Å²) in [4.78, 5) is 38.2. The number of ether oxygens (including phenoxy) is 2. The second-order valence-corrected chi connectivity index (χ2v) is 7.37. The van der Waals surface area contributed by atoms with Crippen LogP contribution in [0.5, 0.6) is 11.5 Å². The third-order valence-electron chi connectivity index (χ3n) is 4.91. The van der Waals surface area contributed by atoms with Crippen LogP contribution < -0.4 is 9.47 Å². The first-order chi connectivity index (χ1) is 17.2. The van der Waals surface area contributed by atoms with Gasteiger partial charge in [0, 0.05) is 12.1 Å². The van der Waals surface area contributed by atoms with E-state index in [1.165, 1.54) is 48.5 Å². The van der Waals surface area contributed by atoms with Gasteiger partial charge in [-0.3, -0.25) is 4.79 Å². The van der Waals surface area contributed by atoms with Crippen molar-refractivity contribution in [2.24, 2.45) is 0 Å². The minimum absolute atomic E-state index is 0.00564. The summed E-state index contributed by atoms with van der Waals surface area (Å²) in [7, 11) is 0. The molecule has 4 aromatic carbocycles. The van der Waals surface area contributed by atoms with E-state index < -0.39 is 63.6 Å². The minimum atomic E-state index is -1.41. The van der Waals surface area contributed by atoms with Crippen LogP contribution in [-0.2, 0) is 0 Å². The van der Waals surface area contributed by atoms with Crippen molar-refractivity contribution in [1.29, 1.82) is 0 Å². The smallest absolute Gasteiger partial charge is 0.343 e. The molecule has 36 heavy (non-hydrogen) atoms. The van der Waals surface area contributed by atoms with Crippen molar-refractivity contribution < 1.29 is 41.4 Å². The van der Waals surface area contributed by atoms with Gasteiger partial charge in [-0.05, 0) is 36.4 Å². The van der Waals surface area contributed by atoms with E-state index in [4.69, 9.17) is 9.47 Å². The van der Waals surface area contributed by atoms with E-state index in [-0.39, 0.29) is 11.1 Å². The van der Waals surface area contributed by atoms with E-state index in [1.54, 1.807) is 12.1 Å². The van der Waals surface area contributed by atoms with E-state index in [0.29, 0.717) is 24.3 Å². The van der Waals surface area contributed by atoms with Crippen LogP contribution >= 0.6 is 0 Å². The largest absolute Gasteiger partial charge is 0.419 e. The number of halogens is 4. The van der Waals surface area contributed by atoms with Gasteiger partial charge in [0.15, 0.2) is 23.1 Å². The van der Waals surface area contributed by atoms with Crippen molar-refractivity contribution >= 4 is 17.7 Å². The highest BCUT2D eigenvalue weighted by Crippen LogP contribution is 2.33. The number of hydrogen-bond acceptors (Lipinski definition) is 5. The van der Waals surface area contributed by atoms with Crippen LogP contribution in [0.3, 0.4) is 0 Å². The summed E-state index contributed by atoms with van der Waals surface area (Å²) in [6.07, 6.45) is 0. The maximum absolute atomic E-state index is 14.7. The van der Waals surface area contributed by atoms with E-state index in [0.717, 1.165) is 0 Å². The maximum atomic E-state index is 14.7. The Kier molecular flexibility index (Phi) is 6.91. The lowest BCUT2D eigenvalue weighted by Crippen LogP contribution is -2.16. The Morgan fingerprint density at radius 3 is 1.25 bits per heavy atom. The van der Waals surface area contributed by atoms with Crippen molar-refractivity contribution in [2.45, 2.75) is 0 Å². The average molecular weight is 494 g/mol. The highest BCUT2D eigenvalue weighted by molar-refractivity contribution is 6.13. The zero-order valence-electron chi connectivity index (χ0n) is 18.1. The molecule has 180 valence electrons. The highest BCUT2D eigenvalue weighted by atomic mass is 19.1. The third-order valence-corrected chi connectivity index (χ3v) is 4.91. The Labute approximate surface area is 201 Å². The van der Waals surface area contributed by atoms with E-state index >= 15 is 0 Å². The van der Waals surface area contributed by atoms with Crippen molar-refractivity contribution in [3.8, 4) is 11.5 Å². The molecule has 0 fully saturated rings. The van der Waals surface area contributed by atoms with Crippen molar-refractivity contribution in [1.82, 2.24) is 0 Å². The molecule has 0 atom stereocenters. The number of carbonyl (C=O) groups is 3. The van der Waals surface area contributed by atoms with Crippen LogP contribution in [0, 0.1) is 23.3 Å². The summed E-state index contributed by atoms with van der Waals surface area (Å²) in [5.41, 5.74) is -1.74. The zero-order valence-corrected chi connectivity index (χ0v) is 18.1. The summed E-state index contributed by atoms with van der Waals surface area (Å²) < 4.78 is 67.5. The molecule has 0 aliphatic heterocycles. The molecule has 4 rings (SSSR count). The number of esters is 2. The van der Waals surface area contributed by atoms with E-state index in [9.17, 15) is 31.9 Å². The molecule has 0 saturated heterocycles. The number of ketones is 1. The standard InChI is InChI=1S/C27H14F4O5/c28-17-11-19(24(21(30)13-17)35-26(33)15-7-3-1-4-8-15)23(32)20-12-18(29)14-22(31)25(20)36-27(34)16-9-5-2-6-10-16/h1-14H. The van der Waals surface area contributed by atoms with Gasteiger partial charge in [0.2, 0.25) is 5.78 Å². The fourth-order valence-corrected chi connectivity index (χ4v) is 3.26. The summed E-state index contributed by atoms with van der Waals surface area (Å²) in [5, 5.41) is 0. The SMILES string of the molecule is O=C(Oc1c(F)cc(F)cc1C(=O)c1cc(F)cc(F)c1OC(=O)c1ccccc1)c1ccccc1. The predicted octanol–water partition coefficient (Wildman–Crippen LogP) is 5.91. The van der Waals surface area contributed by atoms with Gasteiger partial charge in [-0.25, -0.2) is 27.2 Å². The molecule has 0 saturated carbocycles. The molecule has 0 heterocycles. The number of rotatable bonds is 6. The molecule has 4 aromatic rings. The van der Waals surface area contributed by atoms with Gasteiger partial charge in [-0.15, -0.1) is 0 Å². The first-order valence-corrected chi connectivity index (χ1v) is 10.3. The van der Waals surface area contributed by atoms with Gasteiger partial charge < -0.3 is 9.47 Å². The van der Waals surface area contributed by atoms with Gasteiger partial charge in [0.25, 0.3) is 0 Å². The van der Waals surface area contributed by atoms with Crippen molar-refractivity contribution in [3.63, 3.8) is 0 Å². The lowest BCUT2D eigenvalue weighted by atomic mass is 10.0. The van der Waals surface area contributed by atoms with Crippen molar-refractivity contribution in [3.05, 3.63) is 130 Å². The Balaban J connectivity index is 1.77. The van der Waals surface area contributed by atoms with Crippen molar-refractivity contribution in [2.75, 3.05) is 0 Å². The van der Waals surface area contributed by atoms with Crippen LogP contribution in [0.15, 0.2) is 84.9 Å². The molecular weight excluding hydrogens is 480 g/mol. The highest BCUT2D eigenvalue weighted by Gasteiger charge is 2.28. The van der Waals surface area contributed by atoms with Gasteiger partial charge in [-0.1, -0.05) is 36.4 Å². The Morgan fingerprint density at radius 2 is 0.889 bits per heavy atom. The fourth-order valence-electron chi connectivity index (χ4n) is 3.26. The van der Waals surface area contributed by atoms with Gasteiger partial charge in [-0.2, -0.15) is 0 Å². The number of carbonyl (C=O) groups excluding carboxylic acids is 3. The second kappa shape index (κ2) is 10.2. The average Bonchev–Trinajstić information content (AvgIpc) is 2.87. The Bertz CT molecular complexity index is 1360. The van der Waals surface area contributed by atoms with Gasteiger partial charge in [0.05, 0.1) is 22.3 Å². The summed E-state index contributed by atoms with van der Waals surface area (Å²) in [6.45, 7) is 0. The molecule has 5 nitrogen and oxygen atoms in total. The maximum Gasteiger partial charge on any atom is 0.343 e. The predicted molar refractivity (Wildman–Crippen MR) is 119 cm³/mol. The molecule has 0 spiro atoms. The minimum Gasteiger partial charge on any atom is -0.419 e. The zero-order chi connectivity index (χ0) is 25.8. The molecule has 0 bridgehead atoms. The van der Waals surface area contributed by atoms with E-state index in [2.05, 4.69) is 0 Å². The molecule has 0 radical (unpaired) electrons. The molecule has 0 aliphatic rings. The van der Waals surface area contributed by atoms with Gasteiger partial charge >= 0.3 is 11.9 Å². The molecule has 9 heteroatoms. The number of benzene rings is 4. The Hall–Kier alpha value is -4.79. The summed E-state index contributed by atoms with van der Waals surface area (Å²) >= 11 is 0. The molecule has 0 amide bonds. The van der Waals surface area contributed by atoms with Crippen LogP contribution in [0.2, 0.25) is 0 Å². The summed E-state index contributed by atoms with van der Waals surface area (Å²) in [5.74, 6) is -10.7. The number of hydrogen-bond donors (Lipinski definition) is 0. The van der Waals surface area contributed by atoms with Crippen LogP contribution in [-0.4, -0.2) is 17.7 Å². The van der Waals surface area contributed by atoms with Crippen LogP contribution in [0.1, 0.15) is 36.6 Å². The molecule has 0 aliphatic carbocycles. The molecular formula is C27H14F4O5. The van der Waals surface area contributed by atoms with Crippen LogP contribution in [0.4, 0.5) is 17.6 Å². The van der Waals surface area contributed by atoms with E-state index in [1.807, 2.05) is 0 Å². The van der Waals surface area contributed by atoms with Gasteiger partial charge in [0.1, 0.15) is 11.6 Å². The quantitative estimate of drug-likeness (QED) is 0.144. The molecule has 0 unspecified atom stereocenters. The topological polar surface area (TPSA) is 69.7 Å². The lowest BCUT2D eigenvalue weighted by Gasteiger charge is -2.14. The first-order valence-electron chi connectivity index (χ1n) is 10.3. The molecule has 0 aromatic heterocycles. The van der Waals surface area contributed by atoms with Crippen LogP contribution in [0.25, 0.3) is 0 Å². The first kappa shape index (κ1) is 24.3. The lowest BCUT2D eigenvalue weighted by molar-refractivity contribution is 0.0719. The second-order valence-electron chi connectivity index (χ2n) is 7.37.